The Morgan fingerprint density at radius 3 is 2.62 bits per heavy atom. The summed E-state index contributed by atoms with van der Waals surface area (Å²) in [5.41, 5.74) is 7.69. The minimum absolute atomic E-state index is 0.149. The van der Waals surface area contributed by atoms with E-state index in [-0.39, 0.29) is 12.5 Å². The molecule has 69 valence electrons. The number of hydrogen-bond donors (Lipinski definition) is 0. The fourth-order valence-corrected chi connectivity index (χ4v) is 1.08. The molecular weight excluding hydrogens is 166 g/mol. The van der Waals surface area contributed by atoms with E-state index in [2.05, 4.69) is 4.74 Å². The molecule has 0 aliphatic heterocycles. The molecule has 0 saturated heterocycles. The molecule has 0 bridgehead atoms. The van der Waals surface area contributed by atoms with Crippen molar-refractivity contribution in [3.8, 4) is 0 Å². The van der Waals surface area contributed by atoms with Gasteiger partial charge in [-0.05, 0) is 5.56 Å². The van der Waals surface area contributed by atoms with Crippen LogP contribution in [-0.2, 0) is 4.74 Å². The van der Waals surface area contributed by atoms with E-state index >= 15 is 0 Å². The number of ether oxygens (including phenoxy) is 1. The molecule has 1 rings (SSSR count). The Morgan fingerprint density at radius 1 is 1.46 bits per heavy atom. The maximum Gasteiger partial charge on any atom is 0.426 e. The summed E-state index contributed by atoms with van der Waals surface area (Å²) in [5, 5.41) is 0. The highest BCUT2D eigenvalue weighted by Gasteiger charge is 2.06. The van der Waals surface area contributed by atoms with Crippen LogP contribution in [0.5, 0.6) is 0 Å². The van der Waals surface area contributed by atoms with Gasteiger partial charge in [-0.25, -0.2) is 10.5 Å². The Labute approximate surface area is 77.5 Å². The van der Waals surface area contributed by atoms with Gasteiger partial charge < -0.3 is 4.74 Å². The highest BCUT2D eigenvalue weighted by molar-refractivity contribution is 5.63. The van der Waals surface area contributed by atoms with Crippen LogP contribution in [0.3, 0.4) is 0 Å². The molecule has 1 amide bonds. The fourth-order valence-electron chi connectivity index (χ4n) is 1.08. The van der Waals surface area contributed by atoms with Crippen LogP contribution in [0, 0.1) is 0 Å². The highest BCUT2D eigenvalue weighted by Crippen LogP contribution is 2.14. The first-order valence-corrected chi connectivity index (χ1v) is 4.13. The Kier molecular flexibility index (Phi) is 3.31. The third-order valence-electron chi connectivity index (χ3n) is 1.83. The van der Waals surface area contributed by atoms with Crippen molar-refractivity contribution in [2.45, 2.75) is 12.8 Å². The van der Waals surface area contributed by atoms with Gasteiger partial charge in [0, 0.05) is 5.92 Å². The number of amides is 1. The maximum absolute atomic E-state index is 10.2. The molecule has 0 aliphatic carbocycles. The lowest BCUT2D eigenvalue weighted by Crippen LogP contribution is -2.09. The van der Waals surface area contributed by atoms with Crippen LogP contribution in [0.1, 0.15) is 18.4 Å². The van der Waals surface area contributed by atoms with E-state index in [0.29, 0.717) is 0 Å². The number of rotatable bonds is 3. The lowest BCUT2D eigenvalue weighted by molar-refractivity contribution is 0.149. The van der Waals surface area contributed by atoms with E-state index in [9.17, 15) is 4.79 Å². The molecule has 0 aromatic heterocycles. The number of benzene rings is 1. The van der Waals surface area contributed by atoms with Gasteiger partial charge >= 0.3 is 6.09 Å². The fraction of sp³-hybridized carbons (Fsp3) is 0.300. The van der Waals surface area contributed by atoms with Gasteiger partial charge in [0.05, 0.1) is 6.61 Å². The SMILES string of the molecule is CC(COC([NH])=O)c1ccccc1. The van der Waals surface area contributed by atoms with E-state index in [1.54, 1.807) is 0 Å². The predicted octanol–water partition coefficient (Wildman–Crippen LogP) is 2.21. The monoisotopic (exact) mass is 178 g/mol. The lowest BCUT2D eigenvalue weighted by atomic mass is 10.0. The van der Waals surface area contributed by atoms with Gasteiger partial charge in [0.15, 0.2) is 0 Å². The predicted molar refractivity (Wildman–Crippen MR) is 49.3 cm³/mol. The topological polar surface area (TPSA) is 50.1 Å². The summed E-state index contributed by atoms with van der Waals surface area (Å²) >= 11 is 0. The maximum atomic E-state index is 10.2. The van der Waals surface area contributed by atoms with E-state index in [1.807, 2.05) is 37.3 Å². The van der Waals surface area contributed by atoms with Crippen molar-refractivity contribution >= 4 is 6.09 Å². The van der Waals surface area contributed by atoms with Crippen LogP contribution in [0.4, 0.5) is 4.79 Å². The first kappa shape index (κ1) is 9.58. The quantitative estimate of drug-likeness (QED) is 0.712. The summed E-state index contributed by atoms with van der Waals surface area (Å²) in [6.07, 6.45) is -0.970. The van der Waals surface area contributed by atoms with Gasteiger partial charge in [-0.15, -0.1) is 0 Å². The van der Waals surface area contributed by atoms with Crippen LogP contribution in [-0.4, -0.2) is 12.7 Å². The first-order valence-electron chi connectivity index (χ1n) is 4.13. The van der Waals surface area contributed by atoms with Crippen molar-refractivity contribution in [3.05, 3.63) is 35.9 Å². The summed E-state index contributed by atoms with van der Waals surface area (Å²) in [6, 6.07) is 9.76. The minimum atomic E-state index is -0.970. The van der Waals surface area contributed by atoms with Gasteiger partial charge in [0.2, 0.25) is 0 Å². The summed E-state index contributed by atoms with van der Waals surface area (Å²) in [5.74, 6) is 0.149. The molecule has 13 heavy (non-hydrogen) atoms. The molecule has 0 saturated carbocycles. The smallest absolute Gasteiger partial charge is 0.426 e. The molecule has 1 radical (unpaired) electrons. The van der Waals surface area contributed by atoms with Gasteiger partial charge in [-0.3, -0.25) is 0 Å². The average Bonchev–Trinajstić information content (AvgIpc) is 2.15. The van der Waals surface area contributed by atoms with Gasteiger partial charge in [0.1, 0.15) is 0 Å². The van der Waals surface area contributed by atoms with E-state index < -0.39 is 6.09 Å². The zero-order valence-corrected chi connectivity index (χ0v) is 7.49. The van der Waals surface area contributed by atoms with Crippen molar-refractivity contribution in [3.63, 3.8) is 0 Å². The lowest BCUT2D eigenvalue weighted by Gasteiger charge is -2.10. The van der Waals surface area contributed by atoms with Crippen molar-refractivity contribution < 1.29 is 9.53 Å². The van der Waals surface area contributed by atoms with Crippen LogP contribution in [0.2, 0.25) is 0 Å². The number of nitrogens with one attached hydrogen (secondary N) is 1. The normalized spacial score (nSPS) is 12.1. The van der Waals surface area contributed by atoms with Crippen molar-refractivity contribution in [2.24, 2.45) is 0 Å². The molecule has 0 spiro atoms. The number of carbonyl (C=O) groups is 1. The Morgan fingerprint density at radius 2 is 2.08 bits per heavy atom. The second-order valence-electron chi connectivity index (χ2n) is 2.91. The van der Waals surface area contributed by atoms with Crippen molar-refractivity contribution in [1.82, 2.24) is 5.73 Å². The molecule has 3 heteroatoms. The van der Waals surface area contributed by atoms with Crippen LogP contribution < -0.4 is 5.73 Å². The minimum Gasteiger partial charge on any atom is -0.448 e. The Bertz CT molecular complexity index is 272. The molecule has 3 nitrogen and oxygen atoms in total. The van der Waals surface area contributed by atoms with Crippen molar-refractivity contribution in [1.29, 1.82) is 0 Å². The third kappa shape index (κ3) is 3.15. The average molecular weight is 178 g/mol. The van der Waals surface area contributed by atoms with Gasteiger partial charge in [-0.2, -0.15) is 0 Å². The highest BCUT2D eigenvalue weighted by atomic mass is 16.5. The molecule has 0 fully saturated rings. The molecule has 0 aliphatic rings. The molecular formula is C10H12NO2. The third-order valence-corrected chi connectivity index (χ3v) is 1.83. The number of hydrogen-bond acceptors (Lipinski definition) is 2. The molecule has 0 heterocycles. The van der Waals surface area contributed by atoms with Crippen LogP contribution in [0.25, 0.3) is 0 Å². The molecule has 1 aromatic rings. The Balaban J connectivity index is 2.49. The Hall–Kier alpha value is -1.51. The summed E-state index contributed by atoms with van der Waals surface area (Å²) in [6.45, 7) is 2.23. The van der Waals surface area contributed by atoms with Crippen LogP contribution >= 0.6 is 0 Å². The van der Waals surface area contributed by atoms with E-state index in [0.717, 1.165) is 5.56 Å². The first-order chi connectivity index (χ1) is 6.20. The van der Waals surface area contributed by atoms with Gasteiger partial charge in [-0.1, -0.05) is 37.3 Å². The summed E-state index contributed by atoms with van der Waals surface area (Å²) in [4.78, 5) is 10.2. The van der Waals surface area contributed by atoms with E-state index in [4.69, 9.17) is 5.73 Å². The summed E-state index contributed by atoms with van der Waals surface area (Å²) in [7, 11) is 0. The van der Waals surface area contributed by atoms with E-state index in [1.165, 1.54) is 0 Å². The van der Waals surface area contributed by atoms with Crippen molar-refractivity contribution in [2.75, 3.05) is 6.61 Å². The largest absolute Gasteiger partial charge is 0.448 e. The zero-order valence-electron chi connectivity index (χ0n) is 7.49. The second-order valence-corrected chi connectivity index (χ2v) is 2.91. The molecule has 1 aromatic carbocycles. The zero-order chi connectivity index (χ0) is 9.68. The van der Waals surface area contributed by atoms with Crippen LogP contribution in [0.15, 0.2) is 30.3 Å². The van der Waals surface area contributed by atoms with Gasteiger partial charge in [0.25, 0.3) is 0 Å². The molecule has 1 atom stereocenters. The standard InChI is InChI=1S/C10H12NO2/c1-8(7-13-10(11)12)9-5-3-2-4-6-9/h2-6,8,11H,7H2,1H3. The summed E-state index contributed by atoms with van der Waals surface area (Å²) < 4.78 is 4.59. The second kappa shape index (κ2) is 4.50. The molecule has 1 N–H and O–H groups in total. The number of carbonyl (C=O) groups excluding carboxylic acids is 1. The molecule has 1 unspecified atom stereocenters.